The third kappa shape index (κ3) is 2.48. The number of rotatable bonds is 4. The van der Waals surface area contributed by atoms with Gasteiger partial charge in [-0.2, -0.15) is 0 Å². The maximum Gasteiger partial charge on any atom is 0.252 e. The molecule has 2 aromatic heterocycles. The Morgan fingerprint density at radius 1 is 1.40 bits per heavy atom. The van der Waals surface area contributed by atoms with Crippen LogP contribution >= 0.6 is 0 Å². The Kier molecular flexibility index (Phi) is 3.58. The lowest BCUT2D eigenvalue weighted by molar-refractivity contribution is 0.100. The van der Waals surface area contributed by atoms with Crippen molar-refractivity contribution in [2.45, 2.75) is 32.1 Å². The number of hydrogen-bond acceptors (Lipinski definition) is 3. The van der Waals surface area contributed by atoms with E-state index in [1.807, 2.05) is 12.3 Å². The highest BCUT2D eigenvalue weighted by Gasteiger charge is 2.17. The van der Waals surface area contributed by atoms with Crippen LogP contribution in [0.3, 0.4) is 0 Å². The van der Waals surface area contributed by atoms with E-state index in [0.717, 1.165) is 23.3 Å². The predicted molar refractivity (Wildman–Crippen MR) is 79.7 cm³/mol. The zero-order valence-corrected chi connectivity index (χ0v) is 11.5. The fraction of sp³-hybridized carbons (Fsp3) is 0.467. The monoisotopic (exact) mass is 272 g/mol. The first-order valence-corrected chi connectivity index (χ1v) is 7.25. The van der Waals surface area contributed by atoms with Gasteiger partial charge in [0.05, 0.1) is 11.3 Å². The predicted octanol–water partition coefficient (Wildman–Crippen LogP) is 2.65. The molecule has 1 saturated carbocycles. The highest BCUT2D eigenvalue weighted by Crippen LogP contribution is 2.28. The number of anilines is 1. The van der Waals surface area contributed by atoms with Gasteiger partial charge in [0.25, 0.3) is 5.91 Å². The molecule has 0 bridgehead atoms. The summed E-state index contributed by atoms with van der Waals surface area (Å²) in [7, 11) is 0. The normalized spacial score (nSPS) is 16.4. The van der Waals surface area contributed by atoms with Crippen LogP contribution in [0.5, 0.6) is 0 Å². The van der Waals surface area contributed by atoms with E-state index in [1.165, 1.54) is 32.1 Å². The van der Waals surface area contributed by atoms with Crippen LogP contribution < -0.4 is 11.1 Å². The number of aromatic nitrogens is 2. The lowest BCUT2D eigenvalue weighted by Gasteiger charge is -2.23. The molecule has 0 saturated heterocycles. The lowest BCUT2D eigenvalue weighted by Crippen LogP contribution is -2.20. The second-order valence-electron chi connectivity index (χ2n) is 5.54. The molecular weight excluding hydrogens is 252 g/mol. The zero-order chi connectivity index (χ0) is 13.9. The molecule has 1 aliphatic rings. The molecule has 1 amide bonds. The fourth-order valence-corrected chi connectivity index (χ4v) is 3.02. The Hall–Kier alpha value is -2.04. The number of carbonyl (C=O) groups is 1. The molecule has 4 N–H and O–H groups in total. The number of nitrogens with zero attached hydrogens (tertiary/aromatic N) is 1. The summed E-state index contributed by atoms with van der Waals surface area (Å²) in [5.41, 5.74) is 7.51. The molecule has 0 atom stereocenters. The minimum Gasteiger partial charge on any atom is -0.383 e. The third-order valence-corrected chi connectivity index (χ3v) is 4.14. The van der Waals surface area contributed by atoms with Gasteiger partial charge in [0.1, 0.15) is 5.65 Å². The van der Waals surface area contributed by atoms with Crippen LogP contribution in [0.4, 0.5) is 5.69 Å². The van der Waals surface area contributed by atoms with E-state index in [2.05, 4.69) is 15.3 Å². The number of nitrogens with one attached hydrogen (secondary N) is 2. The number of aromatic amines is 1. The summed E-state index contributed by atoms with van der Waals surface area (Å²) in [4.78, 5) is 18.9. The Morgan fingerprint density at radius 3 is 2.95 bits per heavy atom. The van der Waals surface area contributed by atoms with E-state index in [1.54, 1.807) is 6.20 Å². The zero-order valence-electron chi connectivity index (χ0n) is 11.5. The molecule has 0 aliphatic heterocycles. The van der Waals surface area contributed by atoms with Crippen LogP contribution in [0, 0.1) is 5.92 Å². The van der Waals surface area contributed by atoms with Crippen LogP contribution in [0.15, 0.2) is 18.5 Å². The molecule has 0 unspecified atom stereocenters. The van der Waals surface area contributed by atoms with Gasteiger partial charge < -0.3 is 16.0 Å². The topological polar surface area (TPSA) is 83.8 Å². The number of fused-ring (bicyclic) bond motifs is 1. The molecular formula is C15H20N4O. The van der Waals surface area contributed by atoms with Crippen molar-refractivity contribution >= 4 is 22.6 Å². The Balaban J connectivity index is 1.85. The second-order valence-corrected chi connectivity index (χ2v) is 5.54. The molecule has 20 heavy (non-hydrogen) atoms. The van der Waals surface area contributed by atoms with Gasteiger partial charge >= 0.3 is 0 Å². The number of pyridine rings is 1. The number of carbonyl (C=O) groups excluding carboxylic acids is 1. The maximum atomic E-state index is 11.6. The molecule has 5 nitrogen and oxygen atoms in total. The van der Waals surface area contributed by atoms with Crippen molar-refractivity contribution < 1.29 is 4.79 Å². The van der Waals surface area contributed by atoms with Crippen LogP contribution in [-0.4, -0.2) is 22.4 Å². The van der Waals surface area contributed by atoms with E-state index in [0.29, 0.717) is 11.5 Å². The molecule has 106 valence electrons. The first-order valence-electron chi connectivity index (χ1n) is 7.25. The van der Waals surface area contributed by atoms with Crippen molar-refractivity contribution in [2.24, 2.45) is 11.7 Å². The van der Waals surface area contributed by atoms with Crippen molar-refractivity contribution in [3.05, 3.63) is 24.0 Å². The van der Waals surface area contributed by atoms with Crippen molar-refractivity contribution in [3.63, 3.8) is 0 Å². The molecule has 2 aromatic rings. The van der Waals surface area contributed by atoms with Crippen molar-refractivity contribution in [3.8, 4) is 0 Å². The fourth-order valence-electron chi connectivity index (χ4n) is 3.02. The summed E-state index contributed by atoms with van der Waals surface area (Å²) >= 11 is 0. The standard InChI is InChI=1S/C15H20N4O/c16-14(20)12-9-19-15-11(6-7-17-15)13(12)18-8-10-4-2-1-3-5-10/h6-7,9-10H,1-5,8H2,(H2,16,20)(H2,17,18,19). The number of amides is 1. The van der Waals surface area contributed by atoms with Crippen LogP contribution in [0.1, 0.15) is 42.5 Å². The average Bonchev–Trinajstić information content (AvgIpc) is 2.94. The quantitative estimate of drug-likeness (QED) is 0.800. The maximum absolute atomic E-state index is 11.6. The van der Waals surface area contributed by atoms with E-state index < -0.39 is 5.91 Å². The molecule has 2 heterocycles. The minimum atomic E-state index is -0.438. The third-order valence-electron chi connectivity index (χ3n) is 4.14. The first kappa shape index (κ1) is 13.0. The summed E-state index contributed by atoms with van der Waals surface area (Å²) in [6, 6.07) is 1.93. The number of nitrogens with two attached hydrogens (primary N) is 1. The molecule has 5 heteroatoms. The van der Waals surface area contributed by atoms with Crippen molar-refractivity contribution in [2.75, 3.05) is 11.9 Å². The molecule has 1 fully saturated rings. The summed E-state index contributed by atoms with van der Waals surface area (Å²) in [6.45, 7) is 0.893. The Bertz CT molecular complexity index is 613. The van der Waals surface area contributed by atoms with Crippen LogP contribution in [0.2, 0.25) is 0 Å². The molecule has 0 radical (unpaired) electrons. The van der Waals surface area contributed by atoms with E-state index >= 15 is 0 Å². The van der Waals surface area contributed by atoms with Gasteiger partial charge in [-0.1, -0.05) is 19.3 Å². The molecule has 3 rings (SSSR count). The number of hydrogen-bond donors (Lipinski definition) is 3. The summed E-state index contributed by atoms with van der Waals surface area (Å²) in [5, 5.41) is 4.36. The van der Waals surface area contributed by atoms with Crippen molar-refractivity contribution in [1.82, 2.24) is 9.97 Å². The van der Waals surface area contributed by atoms with Gasteiger partial charge in [-0.15, -0.1) is 0 Å². The summed E-state index contributed by atoms with van der Waals surface area (Å²) < 4.78 is 0. The largest absolute Gasteiger partial charge is 0.383 e. The Labute approximate surface area is 118 Å². The van der Waals surface area contributed by atoms with E-state index in [4.69, 9.17) is 5.73 Å². The first-order chi connectivity index (χ1) is 9.75. The van der Waals surface area contributed by atoms with Gasteiger partial charge in [0, 0.05) is 24.3 Å². The SMILES string of the molecule is NC(=O)c1cnc2[nH]ccc2c1NCC1CCCCC1. The highest BCUT2D eigenvalue weighted by molar-refractivity contribution is 6.05. The van der Waals surface area contributed by atoms with Crippen molar-refractivity contribution in [1.29, 1.82) is 0 Å². The summed E-state index contributed by atoms with van der Waals surface area (Å²) in [6.07, 6.45) is 9.87. The number of H-pyrrole nitrogens is 1. The minimum absolute atomic E-state index is 0.438. The molecule has 0 aromatic carbocycles. The van der Waals surface area contributed by atoms with E-state index in [9.17, 15) is 4.79 Å². The lowest BCUT2D eigenvalue weighted by atomic mass is 9.89. The van der Waals surface area contributed by atoms with Gasteiger partial charge in [-0.25, -0.2) is 4.98 Å². The highest BCUT2D eigenvalue weighted by atomic mass is 16.1. The van der Waals surface area contributed by atoms with Crippen LogP contribution in [-0.2, 0) is 0 Å². The second kappa shape index (κ2) is 5.53. The van der Waals surface area contributed by atoms with Gasteiger partial charge in [0.15, 0.2) is 0 Å². The molecule has 1 aliphatic carbocycles. The average molecular weight is 272 g/mol. The van der Waals surface area contributed by atoms with Gasteiger partial charge in [-0.3, -0.25) is 4.79 Å². The molecule has 0 spiro atoms. The van der Waals surface area contributed by atoms with E-state index in [-0.39, 0.29) is 0 Å². The smallest absolute Gasteiger partial charge is 0.252 e. The van der Waals surface area contributed by atoms with Crippen LogP contribution in [0.25, 0.3) is 11.0 Å². The Morgan fingerprint density at radius 2 is 2.20 bits per heavy atom. The van der Waals surface area contributed by atoms with Gasteiger partial charge in [-0.05, 0) is 24.8 Å². The summed E-state index contributed by atoms with van der Waals surface area (Å²) in [5.74, 6) is 0.248. The number of primary amides is 1. The van der Waals surface area contributed by atoms with Gasteiger partial charge in [0.2, 0.25) is 0 Å².